The molecule has 0 saturated carbocycles. The molecule has 0 aliphatic heterocycles. The number of aromatic nitrogens is 4. The maximum atomic E-state index is 12.5. The largest absolute Gasteiger partial charge is 0.339 e. The summed E-state index contributed by atoms with van der Waals surface area (Å²) >= 11 is 12.0. The van der Waals surface area contributed by atoms with Crippen LogP contribution in [-0.4, -0.2) is 25.8 Å². The standard InChI is InChI=1S/C21H17Cl2N5O2/c1-13-11-18(28(26-13)17-4-2-3-16(23)12-17)24-19(29)9-10-20-25-21(27-30-20)14-5-7-15(22)8-6-14/h2-8,11-12H,9-10H2,1H3,(H,24,29). The van der Waals surface area contributed by atoms with Gasteiger partial charge in [0.1, 0.15) is 5.82 Å². The maximum absolute atomic E-state index is 12.5. The van der Waals surface area contributed by atoms with Crippen LogP contribution in [0.2, 0.25) is 10.0 Å². The summed E-state index contributed by atoms with van der Waals surface area (Å²) in [6, 6.07) is 16.2. The van der Waals surface area contributed by atoms with Crippen molar-refractivity contribution in [2.45, 2.75) is 19.8 Å². The number of benzene rings is 2. The fourth-order valence-corrected chi connectivity index (χ4v) is 3.20. The molecule has 1 N–H and O–H groups in total. The number of rotatable bonds is 6. The van der Waals surface area contributed by atoms with Crippen molar-refractivity contribution in [3.63, 3.8) is 0 Å². The van der Waals surface area contributed by atoms with E-state index in [-0.39, 0.29) is 12.3 Å². The average Bonchev–Trinajstić information content (AvgIpc) is 3.33. The van der Waals surface area contributed by atoms with Gasteiger partial charge in [0.05, 0.1) is 11.4 Å². The molecule has 30 heavy (non-hydrogen) atoms. The van der Waals surface area contributed by atoms with Crippen LogP contribution in [0.25, 0.3) is 17.1 Å². The van der Waals surface area contributed by atoms with Crippen molar-refractivity contribution in [1.82, 2.24) is 19.9 Å². The van der Waals surface area contributed by atoms with E-state index in [0.29, 0.717) is 34.0 Å². The smallest absolute Gasteiger partial charge is 0.227 e. The number of nitrogens with zero attached hydrogens (tertiary/aromatic N) is 4. The van der Waals surface area contributed by atoms with Crippen LogP contribution in [0, 0.1) is 6.92 Å². The van der Waals surface area contributed by atoms with Crippen molar-refractivity contribution >= 4 is 34.9 Å². The molecule has 1 amide bonds. The van der Waals surface area contributed by atoms with Crippen molar-refractivity contribution in [2.75, 3.05) is 5.32 Å². The molecule has 0 unspecified atom stereocenters. The summed E-state index contributed by atoms with van der Waals surface area (Å²) in [5, 5.41) is 12.5. The van der Waals surface area contributed by atoms with E-state index < -0.39 is 0 Å². The zero-order valence-electron chi connectivity index (χ0n) is 16.0. The number of halogens is 2. The SMILES string of the molecule is Cc1cc(NC(=O)CCc2nc(-c3ccc(Cl)cc3)no2)n(-c2cccc(Cl)c2)n1. The molecule has 9 heteroatoms. The van der Waals surface area contributed by atoms with Crippen LogP contribution in [0.1, 0.15) is 18.0 Å². The van der Waals surface area contributed by atoms with Gasteiger partial charge in [-0.25, -0.2) is 4.68 Å². The van der Waals surface area contributed by atoms with Crippen LogP contribution < -0.4 is 5.32 Å². The van der Waals surface area contributed by atoms with Crippen LogP contribution in [0.3, 0.4) is 0 Å². The van der Waals surface area contributed by atoms with Crippen molar-refractivity contribution in [1.29, 1.82) is 0 Å². The molecule has 2 aromatic heterocycles. The molecule has 0 aliphatic carbocycles. The number of hydrogen-bond donors (Lipinski definition) is 1. The topological polar surface area (TPSA) is 85.8 Å². The Kier molecular flexibility index (Phi) is 5.83. The van der Waals surface area contributed by atoms with Crippen molar-refractivity contribution in [3.05, 3.63) is 76.2 Å². The molecule has 0 aliphatic rings. The lowest BCUT2D eigenvalue weighted by Crippen LogP contribution is -2.15. The normalized spacial score (nSPS) is 10.9. The molecule has 152 valence electrons. The van der Waals surface area contributed by atoms with Gasteiger partial charge in [0.15, 0.2) is 0 Å². The number of nitrogens with one attached hydrogen (secondary N) is 1. The molecule has 0 saturated heterocycles. The molecular weight excluding hydrogens is 425 g/mol. The zero-order chi connectivity index (χ0) is 21.1. The highest BCUT2D eigenvalue weighted by Crippen LogP contribution is 2.21. The Labute approximate surface area is 182 Å². The predicted molar refractivity (Wildman–Crippen MR) is 115 cm³/mol. The first-order valence-electron chi connectivity index (χ1n) is 9.19. The van der Waals surface area contributed by atoms with Gasteiger partial charge in [-0.3, -0.25) is 4.79 Å². The van der Waals surface area contributed by atoms with Gasteiger partial charge in [0.2, 0.25) is 17.6 Å². The Morgan fingerprint density at radius 1 is 1.10 bits per heavy atom. The summed E-state index contributed by atoms with van der Waals surface area (Å²) in [6.07, 6.45) is 0.499. The molecular formula is C21H17Cl2N5O2. The van der Waals surface area contributed by atoms with Crippen molar-refractivity contribution < 1.29 is 9.32 Å². The number of carbonyl (C=O) groups is 1. The van der Waals surface area contributed by atoms with Gasteiger partial charge in [-0.15, -0.1) is 0 Å². The minimum Gasteiger partial charge on any atom is -0.339 e. The highest BCUT2D eigenvalue weighted by Gasteiger charge is 2.14. The first kappa shape index (κ1) is 20.1. The first-order valence-corrected chi connectivity index (χ1v) is 9.94. The second-order valence-electron chi connectivity index (χ2n) is 6.63. The van der Waals surface area contributed by atoms with Gasteiger partial charge < -0.3 is 9.84 Å². The van der Waals surface area contributed by atoms with E-state index >= 15 is 0 Å². The number of carbonyl (C=O) groups excluding carboxylic acids is 1. The third-order valence-electron chi connectivity index (χ3n) is 4.29. The minimum atomic E-state index is -0.190. The summed E-state index contributed by atoms with van der Waals surface area (Å²) < 4.78 is 6.90. The van der Waals surface area contributed by atoms with Gasteiger partial charge in [-0.1, -0.05) is 34.4 Å². The average molecular weight is 442 g/mol. The van der Waals surface area contributed by atoms with E-state index in [1.165, 1.54) is 0 Å². The third-order valence-corrected chi connectivity index (χ3v) is 4.78. The molecule has 4 aromatic rings. The molecule has 0 atom stereocenters. The maximum Gasteiger partial charge on any atom is 0.227 e. The Balaban J connectivity index is 1.41. The molecule has 0 fully saturated rings. The van der Waals surface area contributed by atoms with E-state index in [4.69, 9.17) is 27.7 Å². The second kappa shape index (κ2) is 8.69. The second-order valence-corrected chi connectivity index (χ2v) is 7.50. The molecule has 2 heterocycles. The number of amides is 1. The molecule has 0 spiro atoms. The fourth-order valence-electron chi connectivity index (χ4n) is 2.89. The summed E-state index contributed by atoms with van der Waals surface area (Å²) in [5.74, 6) is 1.21. The monoisotopic (exact) mass is 441 g/mol. The lowest BCUT2D eigenvalue weighted by Gasteiger charge is -2.08. The van der Waals surface area contributed by atoms with Crippen molar-refractivity contribution in [2.24, 2.45) is 0 Å². The Morgan fingerprint density at radius 2 is 1.90 bits per heavy atom. The van der Waals surface area contributed by atoms with Crippen LogP contribution in [0.4, 0.5) is 5.82 Å². The Morgan fingerprint density at radius 3 is 2.67 bits per heavy atom. The predicted octanol–water partition coefficient (Wildman–Crippen LogP) is 5.11. The van der Waals surface area contributed by atoms with Crippen LogP contribution in [-0.2, 0) is 11.2 Å². The lowest BCUT2D eigenvalue weighted by atomic mass is 10.2. The summed E-state index contributed by atoms with van der Waals surface area (Å²) in [7, 11) is 0. The van der Waals surface area contributed by atoms with Gasteiger partial charge in [0.25, 0.3) is 0 Å². The van der Waals surface area contributed by atoms with E-state index in [1.807, 2.05) is 31.2 Å². The quantitative estimate of drug-likeness (QED) is 0.449. The van der Waals surface area contributed by atoms with Crippen LogP contribution in [0.5, 0.6) is 0 Å². The summed E-state index contributed by atoms with van der Waals surface area (Å²) in [6.45, 7) is 1.85. The Bertz CT molecular complexity index is 1180. The third kappa shape index (κ3) is 4.69. The number of aryl methyl sites for hydroxylation is 2. The summed E-state index contributed by atoms with van der Waals surface area (Å²) in [5.41, 5.74) is 2.32. The molecule has 4 rings (SSSR count). The van der Waals surface area contributed by atoms with Gasteiger partial charge >= 0.3 is 0 Å². The molecule has 0 bridgehead atoms. The fraction of sp³-hybridized carbons (Fsp3) is 0.143. The highest BCUT2D eigenvalue weighted by atomic mass is 35.5. The minimum absolute atomic E-state index is 0.183. The Hall–Kier alpha value is -3.16. The summed E-state index contributed by atoms with van der Waals surface area (Å²) in [4.78, 5) is 16.8. The number of hydrogen-bond acceptors (Lipinski definition) is 5. The van der Waals surface area contributed by atoms with E-state index in [2.05, 4.69) is 20.6 Å². The highest BCUT2D eigenvalue weighted by molar-refractivity contribution is 6.31. The first-order chi connectivity index (χ1) is 14.5. The molecule has 0 radical (unpaired) electrons. The van der Waals surface area contributed by atoms with Crippen LogP contribution >= 0.6 is 23.2 Å². The van der Waals surface area contributed by atoms with Crippen LogP contribution in [0.15, 0.2) is 59.1 Å². The molecule has 2 aromatic carbocycles. The number of anilines is 1. The van der Waals surface area contributed by atoms with Gasteiger partial charge in [-0.2, -0.15) is 10.1 Å². The van der Waals surface area contributed by atoms with Crippen molar-refractivity contribution in [3.8, 4) is 17.1 Å². The van der Waals surface area contributed by atoms with Gasteiger partial charge in [-0.05, 0) is 49.4 Å². The molecule has 7 nitrogen and oxygen atoms in total. The van der Waals surface area contributed by atoms with E-state index in [9.17, 15) is 4.79 Å². The lowest BCUT2D eigenvalue weighted by molar-refractivity contribution is -0.116. The van der Waals surface area contributed by atoms with E-state index in [1.54, 1.807) is 35.0 Å². The zero-order valence-corrected chi connectivity index (χ0v) is 17.5. The van der Waals surface area contributed by atoms with Gasteiger partial charge in [0, 0.05) is 34.5 Å². The van der Waals surface area contributed by atoms with E-state index in [0.717, 1.165) is 16.9 Å².